The number of aryl methyl sites for hydroxylation is 1. The van der Waals surface area contributed by atoms with Crippen molar-refractivity contribution in [3.8, 4) is 6.07 Å². The highest BCUT2D eigenvalue weighted by Gasteiger charge is 2.11. The molecule has 1 aromatic carbocycles. The molecule has 0 atom stereocenters. The predicted molar refractivity (Wildman–Crippen MR) is 53.7 cm³/mol. The van der Waals surface area contributed by atoms with Crippen LogP contribution >= 0.6 is 0 Å². The van der Waals surface area contributed by atoms with Crippen LogP contribution in [-0.2, 0) is 0 Å². The molecule has 0 heterocycles. The van der Waals surface area contributed by atoms with E-state index in [1.165, 1.54) is 30.1 Å². The van der Waals surface area contributed by atoms with Gasteiger partial charge in [0, 0.05) is 12.6 Å². The van der Waals surface area contributed by atoms with E-state index in [-0.39, 0.29) is 18.3 Å². The van der Waals surface area contributed by atoms with Crippen LogP contribution < -0.4 is 0 Å². The quantitative estimate of drug-likeness (QED) is 0.691. The van der Waals surface area contributed by atoms with Crippen molar-refractivity contribution in [3.63, 3.8) is 0 Å². The van der Waals surface area contributed by atoms with Gasteiger partial charge in [0.2, 0.25) is 0 Å². The lowest BCUT2D eigenvalue weighted by Gasteiger charge is -2.13. The second-order valence-corrected chi connectivity index (χ2v) is 3.28. The molecule has 0 unspecified atom stereocenters. The van der Waals surface area contributed by atoms with Crippen LogP contribution in [0, 0.1) is 24.1 Å². The zero-order valence-electron chi connectivity index (χ0n) is 8.62. The van der Waals surface area contributed by atoms with Gasteiger partial charge in [0.15, 0.2) is 0 Å². The van der Waals surface area contributed by atoms with E-state index in [1.807, 2.05) is 6.07 Å². The number of hydrogen-bond acceptors (Lipinski definition) is 2. The molecule has 1 amide bonds. The Kier molecular flexibility index (Phi) is 3.40. The molecule has 0 saturated carbocycles. The molecule has 0 aliphatic heterocycles. The number of rotatable bonds is 2. The summed E-state index contributed by atoms with van der Waals surface area (Å²) >= 11 is 0. The minimum absolute atomic E-state index is 0.0231. The Labute approximate surface area is 87.7 Å². The van der Waals surface area contributed by atoms with Crippen molar-refractivity contribution < 1.29 is 9.18 Å². The van der Waals surface area contributed by atoms with E-state index >= 15 is 0 Å². The van der Waals surface area contributed by atoms with Crippen molar-refractivity contribution >= 4 is 5.91 Å². The number of halogens is 1. The van der Waals surface area contributed by atoms with Gasteiger partial charge in [-0.2, -0.15) is 5.26 Å². The summed E-state index contributed by atoms with van der Waals surface area (Å²) in [7, 11) is 1.53. The zero-order chi connectivity index (χ0) is 11.4. The molecule has 0 fully saturated rings. The van der Waals surface area contributed by atoms with E-state index in [2.05, 4.69) is 0 Å². The third-order valence-electron chi connectivity index (χ3n) is 2.06. The Morgan fingerprint density at radius 1 is 1.60 bits per heavy atom. The van der Waals surface area contributed by atoms with Crippen molar-refractivity contribution in [1.82, 2.24) is 4.90 Å². The van der Waals surface area contributed by atoms with Gasteiger partial charge < -0.3 is 4.90 Å². The van der Waals surface area contributed by atoms with Gasteiger partial charge in [-0.05, 0) is 30.7 Å². The first kappa shape index (κ1) is 11.2. The fourth-order valence-electron chi connectivity index (χ4n) is 1.18. The number of hydrogen-bond donors (Lipinski definition) is 0. The molecule has 0 spiro atoms. The summed E-state index contributed by atoms with van der Waals surface area (Å²) in [6.07, 6.45) is 0. The zero-order valence-corrected chi connectivity index (χ0v) is 8.62. The molecule has 0 aromatic heterocycles. The molecule has 0 saturated heterocycles. The maximum atomic E-state index is 12.9. The summed E-state index contributed by atoms with van der Waals surface area (Å²) < 4.78 is 12.9. The first-order chi connectivity index (χ1) is 7.06. The fraction of sp³-hybridized carbons (Fsp3) is 0.273. The fourth-order valence-corrected chi connectivity index (χ4v) is 1.18. The second-order valence-electron chi connectivity index (χ2n) is 3.28. The van der Waals surface area contributed by atoms with Gasteiger partial charge in [0.05, 0.1) is 6.07 Å². The second kappa shape index (κ2) is 4.56. The smallest absolute Gasteiger partial charge is 0.254 e. The standard InChI is InChI=1S/C11H11FN2O/c1-8-7-9(3-4-10(8)12)11(15)14(2)6-5-13/h3-4,7H,6H2,1-2H3. The third-order valence-corrected chi connectivity index (χ3v) is 2.06. The van der Waals surface area contributed by atoms with E-state index in [9.17, 15) is 9.18 Å². The van der Waals surface area contributed by atoms with E-state index in [1.54, 1.807) is 6.92 Å². The van der Waals surface area contributed by atoms with Gasteiger partial charge in [-0.3, -0.25) is 4.79 Å². The van der Waals surface area contributed by atoms with Crippen LogP contribution in [0.25, 0.3) is 0 Å². The van der Waals surface area contributed by atoms with E-state index in [0.717, 1.165) is 0 Å². The molecule has 0 aliphatic carbocycles. The largest absolute Gasteiger partial charge is 0.328 e. The Hall–Kier alpha value is -1.89. The molecular weight excluding hydrogens is 195 g/mol. The molecule has 1 rings (SSSR count). The Balaban J connectivity index is 2.93. The maximum Gasteiger partial charge on any atom is 0.254 e. The molecule has 0 bridgehead atoms. The van der Waals surface area contributed by atoms with Crippen LogP contribution in [-0.4, -0.2) is 24.4 Å². The van der Waals surface area contributed by atoms with Crippen molar-refractivity contribution in [2.45, 2.75) is 6.92 Å². The predicted octanol–water partition coefficient (Wildman–Crippen LogP) is 1.73. The molecule has 3 nitrogen and oxygen atoms in total. The van der Waals surface area contributed by atoms with E-state index < -0.39 is 0 Å². The third kappa shape index (κ3) is 2.53. The monoisotopic (exact) mass is 206 g/mol. The minimum atomic E-state index is -0.338. The lowest BCUT2D eigenvalue weighted by Crippen LogP contribution is -2.27. The molecule has 4 heteroatoms. The average molecular weight is 206 g/mol. The summed E-state index contributed by atoms with van der Waals surface area (Å²) in [6.45, 7) is 1.62. The van der Waals surface area contributed by atoms with Crippen molar-refractivity contribution in [2.75, 3.05) is 13.6 Å². The molecule has 1 aromatic rings. The molecule has 0 N–H and O–H groups in total. The molecule has 0 radical (unpaired) electrons. The van der Waals surface area contributed by atoms with Crippen molar-refractivity contribution in [3.05, 3.63) is 35.1 Å². The van der Waals surface area contributed by atoms with Gasteiger partial charge >= 0.3 is 0 Å². The highest BCUT2D eigenvalue weighted by molar-refractivity contribution is 5.94. The lowest BCUT2D eigenvalue weighted by atomic mass is 10.1. The van der Waals surface area contributed by atoms with Crippen molar-refractivity contribution in [1.29, 1.82) is 5.26 Å². The number of carbonyl (C=O) groups excluding carboxylic acids is 1. The lowest BCUT2D eigenvalue weighted by molar-refractivity contribution is 0.0812. The van der Waals surface area contributed by atoms with Gasteiger partial charge in [0.25, 0.3) is 5.91 Å². The Morgan fingerprint density at radius 2 is 2.27 bits per heavy atom. The average Bonchev–Trinajstić information content (AvgIpc) is 2.21. The number of carbonyl (C=O) groups is 1. The Bertz CT molecular complexity index is 423. The minimum Gasteiger partial charge on any atom is -0.328 e. The molecule has 0 aliphatic rings. The van der Waals surface area contributed by atoms with Crippen LogP contribution in [0.15, 0.2) is 18.2 Å². The first-order valence-corrected chi connectivity index (χ1v) is 4.45. The SMILES string of the molecule is Cc1cc(C(=O)N(C)CC#N)ccc1F. The number of nitriles is 1. The first-order valence-electron chi connectivity index (χ1n) is 4.45. The van der Waals surface area contributed by atoms with Gasteiger partial charge in [-0.1, -0.05) is 0 Å². The summed E-state index contributed by atoms with van der Waals surface area (Å²) in [5.41, 5.74) is 0.817. The van der Waals surface area contributed by atoms with Crippen LogP contribution in [0.1, 0.15) is 15.9 Å². The summed E-state index contributed by atoms with van der Waals surface area (Å²) in [5.74, 6) is -0.617. The summed E-state index contributed by atoms with van der Waals surface area (Å²) in [5, 5.41) is 8.43. The normalized spacial score (nSPS) is 9.47. The molecular formula is C11H11FN2O. The molecule has 15 heavy (non-hydrogen) atoms. The number of benzene rings is 1. The van der Waals surface area contributed by atoms with Crippen LogP contribution in [0.2, 0.25) is 0 Å². The maximum absolute atomic E-state index is 12.9. The van der Waals surface area contributed by atoms with E-state index in [0.29, 0.717) is 11.1 Å². The highest BCUT2D eigenvalue weighted by Crippen LogP contribution is 2.10. The van der Waals surface area contributed by atoms with Gasteiger partial charge in [0.1, 0.15) is 12.4 Å². The van der Waals surface area contributed by atoms with E-state index in [4.69, 9.17) is 5.26 Å². The van der Waals surface area contributed by atoms with Gasteiger partial charge in [-0.15, -0.1) is 0 Å². The van der Waals surface area contributed by atoms with Gasteiger partial charge in [-0.25, -0.2) is 4.39 Å². The van der Waals surface area contributed by atoms with Crippen LogP contribution in [0.5, 0.6) is 0 Å². The highest BCUT2D eigenvalue weighted by atomic mass is 19.1. The Morgan fingerprint density at radius 3 is 2.80 bits per heavy atom. The summed E-state index contributed by atoms with van der Waals surface area (Å²) in [6, 6.07) is 6.02. The topological polar surface area (TPSA) is 44.1 Å². The number of amides is 1. The van der Waals surface area contributed by atoms with Crippen LogP contribution in [0.3, 0.4) is 0 Å². The van der Waals surface area contributed by atoms with Crippen LogP contribution in [0.4, 0.5) is 4.39 Å². The molecule has 78 valence electrons. The summed E-state index contributed by atoms with van der Waals surface area (Å²) in [4.78, 5) is 12.9. The van der Waals surface area contributed by atoms with Crippen molar-refractivity contribution in [2.24, 2.45) is 0 Å². The number of nitrogens with zero attached hydrogens (tertiary/aromatic N) is 2.